The zero-order valence-corrected chi connectivity index (χ0v) is 19.4. The minimum Gasteiger partial charge on any atom is -0.457 e. The molecule has 5 rings (SSSR count). The van der Waals surface area contributed by atoms with Crippen molar-refractivity contribution < 1.29 is 9.53 Å². The van der Waals surface area contributed by atoms with E-state index in [-0.39, 0.29) is 23.3 Å². The number of nitrogen functional groups attached to an aromatic ring is 1. The molecule has 0 saturated carbocycles. The van der Waals surface area contributed by atoms with Crippen LogP contribution in [0.2, 0.25) is 0 Å². The first-order valence-electron chi connectivity index (χ1n) is 11.5. The van der Waals surface area contributed by atoms with Gasteiger partial charge in [0.1, 0.15) is 22.7 Å². The number of nitrogens with zero attached hydrogens (tertiary/aromatic N) is 5. The normalized spacial score (nSPS) is 15.8. The molecule has 178 valence electrons. The van der Waals surface area contributed by atoms with Crippen molar-refractivity contribution in [2.75, 3.05) is 18.8 Å². The van der Waals surface area contributed by atoms with Crippen molar-refractivity contribution in [3.05, 3.63) is 77.6 Å². The molecule has 3 heterocycles. The number of carbonyl (C=O) groups is 1. The molecule has 35 heavy (non-hydrogen) atoms. The van der Waals surface area contributed by atoms with E-state index in [1.807, 2.05) is 54.6 Å². The van der Waals surface area contributed by atoms with Gasteiger partial charge in [0.15, 0.2) is 5.82 Å². The highest BCUT2D eigenvalue weighted by Gasteiger charge is 2.29. The number of aryl methyl sites for hydroxylation is 1. The number of para-hydroxylation sites is 1. The van der Waals surface area contributed by atoms with Crippen LogP contribution in [0.25, 0.3) is 22.2 Å². The molecule has 4 aromatic rings. The second-order valence-electron chi connectivity index (χ2n) is 8.55. The highest BCUT2D eigenvalue weighted by molar-refractivity contribution is 5.99. The van der Waals surface area contributed by atoms with Gasteiger partial charge in [-0.2, -0.15) is 10.2 Å². The Morgan fingerprint density at radius 3 is 2.54 bits per heavy atom. The van der Waals surface area contributed by atoms with Crippen LogP contribution in [0, 0.1) is 0 Å². The first-order valence-corrected chi connectivity index (χ1v) is 11.5. The molecule has 1 aliphatic heterocycles. The van der Waals surface area contributed by atoms with Gasteiger partial charge < -0.3 is 15.4 Å². The second-order valence-corrected chi connectivity index (χ2v) is 8.55. The lowest BCUT2D eigenvalue weighted by molar-refractivity contribution is -0.127. The van der Waals surface area contributed by atoms with Gasteiger partial charge in [-0.25, -0.2) is 4.68 Å². The Balaban J connectivity index is 1.58. The average Bonchev–Trinajstić information content (AvgIpc) is 3.29. The van der Waals surface area contributed by atoms with E-state index in [4.69, 9.17) is 15.6 Å². The van der Waals surface area contributed by atoms with Gasteiger partial charge in [-0.15, -0.1) is 0 Å². The van der Waals surface area contributed by atoms with E-state index in [0.717, 1.165) is 24.2 Å². The molecule has 0 radical (unpaired) electrons. The first-order chi connectivity index (χ1) is 17.0. The molecule has 9 heteroatoms. The molecule has 0 unspecified atom stereocenters. The molecule has 1 saturated heterocycles. The van der Waals surface area contributed by atoms with Gasteiger partial charge in [0.2, 0.25) is 5.91 Å². The number of carbonyl (C=O) groups excluding carboxylic acids is 1. The topological polar surface area (TPSA) is 108 Å². The summed E-state index contributed by atoms with van der Waals surface area (Å²) in [5.41, 5.74) is 7.76. The van der Waals surface area contributed by atoms with Gasteiger partial charge in [0, 0.05) is 25.7 Å². The summed E-state index contributed by atoms with van der Waals surface area (Å²) in [7, 11) is 1.57. The average molecular weight is 471 g/mol. The Morgan fingerprint density at radius 2 is 1.83 bits per heavy atom. The summed E-state index contributed by atoms with van der Waals surface area (Å²) >= 11 is 0. The summed E-state index contributed by atoms with van der Waals surface area (Å²) < 4.78 is 8.85. The van der Waals surface area contributed by atoms with Crippen LogP contribution in [0.4, 0.5) is 5.82 Å². The molecule has 2 aromatic carbocycles. The van der Waals surface area contributed by atoms with Gasteiger partial charge in [0.25, 0.3) is 5.56 Å². The number of hydrogen-bond donors (Lipinski definition) is 1. The zero-order chi connectivity index (χ0) is 24.5. The quantitative estimate of drug-likeness (QED) is 0.447. The van der Waals surface area contributed by atoms with E-state index in [1.165, 1.54) is 10.8 Å². The van der Waals surface area contributed by atoms with Crippen molar-refractivity contribution in [3.8, 4) is 22.8 Å². The SMILES string of the molecule is C=CC(=O)N1CCC[C@@H](n2nc(-c3ccc(Oc4ccccc4)cc3)c3c(N)nn(C)c(=O)c32)C1. The molecular formula is C26H26N6O3. The molecule has 1 atom stereocenters. The fraction of sp³-hybridized carbons (Fsp3) is 0.231. The molecule has 0 aliphatic carbocycles. The van der Waals surface area contributed by atoms with Crippen LogP contribution >= 0.6 is 0 Å². The van der Waals surface area contributed by atoms with Crippen molar-refractivity contribution in [2.24, 2.45) is 7.05 Å². The fourth-order valence-electron chi connectivity index (χ4n) is 4.55. The number of fused-ring (bicyclic) bond motifs is 1. The third kappa shape index (κ3) is 4.16. The molecule has 9 nitrogen and oxygen atoms in total. The number of nitrogens with two attached hydrogens (primary N) is 1. The zero-order valence-electron chi connectivity index (χ0n) is 19.4. The summed E-state index contributed by atoms with van der Waals surface area (Å²) in [6.45, 7) is 4.69. The summed E-state index contributed by atoms with van der Waals surface area (Å²) in [6, 6.07) is 16.8. The predicted molar refractivity (Wildman–Crippen MR) is 134 cm³/mol. The highest BCUT2D eigenvalue weighted by Crippen LogP contribution is 2.34. The molecule has 1 aliphatic rings. The summed E-state index contributed by atoms with van der Waals surface area (Å²) in [5, 5.41) is 9.57. The van der Waals surface area contributed by atoms with Crippen LogP contribution in [-0.2, 0) is 11.8 Å². The maximum Gasteiger partial charge on any atom is 0.292 e. The molecule has 0 spiro atoms. The maximum absolute atomic E-state index is 13.2. The van der Waals surface area contributed by atoms with Crippen LogP contribution in [0.1, 0.15) is 18.9 Å². The monoisotopic (exact) mass is 470 g/mol. The van der Waals surface area contributed by atoms with Crippen LogP contribution < -0.4 is 16.0 Å². The Morgan fingerprint density at radius 1 is 1.11 bits per heavy atom. The van der Waals surface area contributed by atoms with E-state index < -0.39 is 0 Å². The third-order valence-electron chi connectivity index (χ3n) is 6.26. The smallest absolute Gasteiger partial charge is 0.292 e. The number of hydrogen-bond acceptors (Lipinski definition) is 6. The Hall–Kier alpha value is -4.40. The van der Waals surface area contributed by atoms with Gasteiger partial charge in [-0.3, -0.25) is 14.3 Å². The lowest BCUT2D eigenvalue weighted by atomic mass is 10.1. The van der Waals surface area contributed by atoms with Crippen LogP contribution in [0.5, 0.6) is 11.5 Å². The number of aromatic nitrogens is 4. The van der Waals surface area contributed by atoms with Gasteiger partial charge >= 0.3 is 0 Å². The van der Waals surface area contributed by atoms with Crippen molar-refractivity contribution in [2.45, 2.75) is 18.9 Å². The number of anilines is 1. The Labute approximate surface area is 202 Å². The molecule has 2 N–H and O–H groups in total. The number of benzene rings is 2. The van der Waals surface area contributed by atoms with Crippen molar-refractivity contribution >= 4 is 22.6 Å². The van der Waals surface area contributed by atoms with E-state index >= 15 is 0 Å². The lowest BCUT2D eigenvalue weighted by Gasteiger charge is -2.32. The predicted octanol–water partition coefficient (Wildman–Crippen LogP) is 3.52. The number of ether oxygens (including phenoxy) is 1. The fourth-order valence-corrected chi connectivity index (χ4v) is 4.55. The first kappa shape index (κ1) is 22.4. The standard InChI is InChI=1S/C26H26N6O3/c1-3-21(33)31-15-7-8-18(16-31)32-24-22(25(27)29-30(2)26(24)34)23(28-32)17-11-13-20(14-12-17)35-19-9-5-4-6-10-19/h3-6,9-14,18H,1,7-8,15-16H2,2H3,(H2,27,29)/t18-/m1/s1. The second kappa shape index (κ2) is 9.09. The van der Waals surface area contributed by atoms with Gasteiger partial charge in [0.05, 0.1) is 11.4 Å². The van der Waals surface area contributed by atoms with Crippen molar-refractivity contribution in [3.63, 3.8) is 0 Å². The van der Waals surface area contributed by atoms with Crippen molar-refractivity contribution in [1.82, 2.24) is 24.5 Å². The molecule has 2 aromatic heterocycles. The van der Waals surface area contributed by atoms with E-state index in [9.17, 15) is 9.59 Å². The minimum atomic E-state index is -0.288. The largest absolute Gasteiger partial charge is 0.457 e. The Bertz CT molecular complexity index is 1460. The highest BCUT2D eigenvalue weighted by atomic mass is 16.5. The summed E-state index contributed by atoms with van der Waals surface area (Å²) in [6.07, 6.45) is 2.90. The Kier molecular flexibility index (Phi) is 5.82. The molecular weight excluding hydrogens is 444 g/mol. The van der Waals surface area contributed by atoms with Gasteiger partial charge in [-0.1, -0.05) is 24.8 Å². The molecule has 1 fully saturated rings. The lowest BCUT2D eigenvalue weighted by Crippen LogP contribution is -2.40. The summed E-state index contributed by atoms with van der Waals surface area (Å²) in [5.74, 6) is 1.51. The number of piperidine rings is 1. The summed E-state index contributed by atoms with van der Waals surface area (Å²) in [4.78, 5) is 27.2. The molecule has 1 amide bonds. The van der Waals surface area contributed by atoms with E-state index in [0.29, 0.717) is 35.4 Å². The van der Waals surface area contributed by atoms with E-state index in [2.05, 4.69) is 11.7 Å². The number of likely N-dealkylation sites (tertiary alicyclic amines) is 1. The number of amides is 1. The van der Waals surface area contributed by atoms with E-state index in [1.54, 1.807) is 16.6 Å². The van der Waals surface area contributed by atoms with Crippen LogP contribution in [0.3, 0.4) is 0 Å². The van der Waals surface area contributed by atoms with Gasteiger partial charge in [-0.05, 0) is 55.3 Å². The van der Waals surface area contributed by atoms with Crippen LogP contribution in [-0.4, -0.2) is 43.5 Å². The van der Waals surface area contributed by atoms with Crippen molar-refractivity contribution in [1.29, 1.82) is 0 Å². The molecule has 0 bridgehead atoms. The minimum absolute atomic E-state index is 0.130. The third-order valence-corrected chi connectivity index (χ3v) is 6.26. The number of rotatable bonds is 5. The maximum atomic E-state index is 13.2. The van der Waals surface area contributed by atoms with Crippen LogP contribution in [0.15, 0.2) is 72.0 Å².